The van der Waals surface area contributed by atoms with E-state index in [2.05, 4.69) is 65.9 Å². The molecule has 0 spiro atoms. The fourth-order valence-corrected chi connectivity index (χ4v) is 3.59. The van der Waals surface area contributed by atoms with Crippen molar-refractivity contribution in [1.82, 2.24) is 5.32 Å². The van der Waals surface area contributed by atoms with Crippen LogP contribution in [-0.4, -0.2) is 10.9 Å². The van der Waals surface area contributed by atoms with Gasteiger partial charge in [-0.15, -0.1) is 0 Å². The average Bonchev–Trinajstić information content (AvgIpc) is 2.63. The molecule has 1 aliphatic heterocycles. The van der Waals surface area contributed by atoms with Crippen molar-refractivity contribution in [2.75, 3.05) is 0 Å². The van der Waals surface area contributed by atoms with E-state index in [1.807, 2.05) is 12.1 Å². The van der Waals surface area contributed by atoms with Gasteiger partial charge in [0.05, 0.1) is 5.71 Å². The molecule has 0 amide bonds. The number of rotatable bonds is 4. The van der Waals surface area contributed by atoms with Crippen molar-refractivity contribution in [3.63, 3.8) is 0 Å². The molecule has 0 aromatic heterocycles. The smallest absolute Gasteiger partial charge is 0.0639 e. The fourth-order valence-electron chi connectivity index (χ4n) is 3.59. The molecule has 1 saturated heterocycles. The van der Waals surface area contributed by atoms with Crippen molar-refractivity contribution in [1.29, 1.82) is 0 Å². The summed E-state index contributed by atoms with van der Waals surface area (Å²) in [5.74, 6) is 0.243. The predicted octanol–water partition coefficient (Wildman–Crippen LogP) is 4.71. The second kappa shape index (κ2) is 7.42. The third kappa shape index (κ3) is 3.45. The quantitative estimate of drug-likeness (QED) is 0.634. The molecular formula is C20H24N2O. The largest absolute Gasteiger partial charge is 0.411 e. The topological polar surface area (TPSA) is 44.6 Å². The third-order valence-electron chi connectivity index (χ3n) is 4.71. The Kier molecular flexibility index (Phi) is 5.09. The zero-order chi connectivity index (χ0) is 16.1. The first-order valence-electron chi connectivity index (χ1n) is 8.40. The first-order chi connectivity index (χ1) is 11.3. The molecule has 2 aromatic carbocycles. The van der Waals surface area contributed by atoms with Crippen LogP contribution < -0.4 is 5.32 Å². The summed E-state index contributed by atoms with van der Waals surface area (Å²) in [5, 5.41) is 17.0. The van der Waals surface area contributed by atoms with Gasteiger partial charge < -0.3 is 10.5 Å². The summed E-state index contributed by atoms with van der Waals surface area (Å²) in [6.45, 7) is 2.18. The number of benzene rings is 2. The van der Waals surface area contributed by atoms with Crippen LogP contribution in [0.5, 0.6) is 0 Å². The van der Waals surface area contributed by atoms with E-state index in [1.54, 1.807) is 0 Å². The molecule has 3 heteroatoms. The van der Waals surface area contributed by atoms with Crippen molar-refractivity contribution in [3.8, 4) is 0 Å². The van der Waals surface area contributed by atoms with E-state index in [0.29, 0.717) is 0 Å². The molecule has 0 aliphatic carbocycles. The van der Waals surface area contributed by atoms with Crippen LogP contribution >= 0.6 is 0 Å². The van der Waals surface area contributed by atoms with E-state index in [9.17, 15) is 5.21 Å². The number of hydrogen-bond donors (Lipinski definition) is 2. The van der Waals surface area contributed by atoms with Gasteiger partial charge in [-0.1, -0.05) is 79.2 Å². The summed E-state index contributed by atoms with van der Waals surface area (Å²) in [6, 6.07) is 21.3. The molecule has 1 heterocycles. The van der Waals surface area contributed by atoms with Gasteiger partial charge in [0.1, 0.15) is 0 Å². The summed E-state index contributed by atoms with van der Waals surface area (Å²) in [6.07, 6.45) is 2.85. The van der Waals surface area contributed by atoms with Gasteiger partial charge in [0.15, 0.2) is 0 Å². The van der Waals surface area contributed by atoms with Crippen molar-refractivity contribution < 1.29 is 5.21 Å². The Balaban J connectivity index is 1.95. The van der Waals surface area contributed by atoms with Crippen LogP contribution in [0.3, 0.4) is 0 Å². The van der Waals surface area contributed by atoms with Crippen LogP contribution in [0, 0.1) is 5.92 Å². The second-order valence-corrected chi connectivity index (χ2v) is 6.21. The van der Waals surface area contributed by atoms with Gasteiger partial charge in [-0.25, -0.2) is 0 Å². The van der Waals surface area contributed by atoms with Crippen LogP contribution in [0.15, 0.2) is 65.8 Å². The standard InChI is InChI=1S/C20H24N2O/c1-2-9-17-19(22-23)14-18(15-10-5-3-6-11-15)21-20(17)16-12-7-4-8-13-16/h3-8,10-13,17-18,20-21,23H,2,9,14H2,1H3/t17-,18-,20+/m0/s1. The van der Waals surface area contributed by atoms with Crippen molar-refractivity contribution in [2.45, 2.75) is 38.3 Å². The lowest BCUT2D eigenvalue weighted by Gasteiger charge is -2.38. The summed E-state index contributed by atoms with van der Waals surface area (Å²) >= 11 is 0. The first kappa shape index (κ1) is 15.8. The Morgan fingerprint density at radius 2 is 1.61 bits per heavy atom. The highest BCUT2D eigenvalue weighted by Crippen LogP contribution is 2.37. The summed E-state index contributed by atoms with van der Waals surface area (Å²) in [4.78, 5) is 0. The highest BCUT2D eigenvalue weighted by Gasteiger charge is 2.35. The van der Waals surface area contributed by atoms with Gasteiger partial charge >= 0.3 is 0 Å². The number of piperidine rings is 1. The van der Waals surface area contributed by atoms with Gasteiger partial charge in [-0.3, -0.25) is 0 Å². The zero-order valence-electron chi connectivity index (χ0n) is 13.5. The van der Waals surface area contributed by atoms with Crippen molar-refractivity contribution in [3.05, 3.63) is 71.8 Å². The number of oxime groups is 1. The molecule has 120 valence electrons. The Morgan fingerprint density at radius 1 is 1.00 bits per heavy atom. The average molecular weight is 308 g/mol. The maximum Gasteiger partial charge on any atom is 0.0639 e. The van der Waals surface area contributed by atoms with E-state index in [-0.39, 0.29) is 18.0 Å². The lowest BCUT2D eigenvalue weighted by Crippen LogP contribution is -2.42. The summed E-state index contributed by atoms with van der Waals surface area (Å²) in [7, 11) is 0. The maximum atomic E-state index is 9.58. The van der Waals surface area contributed by atoms with Gasteiger partial charge in [0, 0.05) is 24.4 Å². The van der Waals surface area contributed by atoms with Crippen LogP contribution in [-0.2, 0) is 0 Å². The highest BCUT2D eigenvalue weighted by atomic mass is 16.4. The lowest BCUT2D eigenvalue weighted by atomic mass is 9.78. The third-order valence-corrected chi connectivity index (χ3v) is 4.71. The van der Waals surface area contributed by atoms with Gasteiger partial charge in [0.25, 0.3) is 0 Å². The van der Waals surface area contributed by atoms with Crippen LogP contribution in [0.1, 0.15) is 49.4 Å². The minimum Gasteiger partial charge on any atom is -0.411 e. The Bertz CT molecular complexity index is 639. The van der Waals surface area contributed by atoms with E-state index in [1.165, 1.54) is 11.1 Å². The molecule has 1 aliphatic rings. The molecule has 2 N–H and O–H groups in total. The molecule has 0 saturated carbocycles. The number of nitrogens with one attached hydrogen (secondary N) is 1. The molecule has 0 radical (unpaired) electrons. The zero-order valence-corrected chi connectivity index (χ0v) is 13.5. The summed E-state index contributed by atoms with van der Waals surface area (Å²) < 4.78 is 0. The molecule has 23 heavy (non-hydrogen) atoms. The van der Waals surface area contributed by atoms with E-state index in [0.717, 1.165) is 25.0 Å². The van der Waals surface area contributed by atoms with E-state index >= 15 is 0 Å². The Hall–Kier alpha value is -2.13. The Labute approximate surface area is 138 Å². The Morgan fingerprint density at radius 3 is 2.17 bits per heavy atom. The van der Waals surface area contributed by atoms with Crippen molar-refractivity contribution in [2.24, 2.45) is 11.1 Å². The molecule has 0 bridgehead atoms. The molecular weight excluding hydrogens is 284 g/mol. The number of hydrogen-bond acceptors (Lipinski definition) is 3. The molecule has 3 atom stereocenters. The van der Waals surface area contributed by atoms with Crippen LogP contribution in [0.4, 0.5) is 0 Å². The van der Waals surface area contributed by atoms with E-state index in [4.69, 9.17) is 0 Å². The molecule has 1 fully saturated rings. The fraction of sp³-hybridized carbons (Fsp3) is 0.350. The maximum absolute atomic E-state index is 9.58. The first-order valence-corrected chi connectivity index (χ1v) is 8.40. The highest BCUT2D eigenvalue weighted by molar-refractivity contribution is 5.88. The van der Waals surface area contributed by atoms with Crippen LogP contribution in [0.25, 0.3) is 0 Å². The molecule has 2 aromatic rings. The van der Waals surface area contributed by atoms with Crippen molar-refractivity contribution >= 4 is 5.71 Å². The number of nitrogens with zero attached hydrogens (tertiary/aromatic N) is 1. The van der Waals surface area contributed by atoms with Gasteiger partial charge in [-0.2, -0.15) is 0 Å². The van der Waals surface area contributed by atoms with E-state index < -0.39 is 0 Å². The SMILES string of the molecule is CCC[C@H]1C(=NO)C[C@@H](c2ccccc2)N[C@@H]1c1ccccc1. The molecule has 3 rings (SSSR count). The molecule has 3 nitrogen and oxygen atoms in total. The normalized spacial score (nSPS) is 26.3. The minimum atomic E-state index is 0.181. The predicted molar refractivity (Wildman–Crippen MR) is 93.7 cm³/mol. The second-order valence-electron chi connectivity index (χ2n) is 6.21. The minimum absolute atomic E-state index is 0.181. The monoisotopic (exact) mass is 308 g/mol. The lowest BCUT2D eigenvalue weighted by molar-refractivity contribution is 0.284. The van der Waals surface area contributed by atoms with Gasteiger partial charge in [-0.05, 0) is 17.5 Å². The van der Waals surface area contributed by atoms with Crippen LogP contribution in [0.2, 0.25) is 0 Å². The van der Waals surface area contributed by atoms with Gasteiger partial charge in [0.2, 0.25) is 0 Å². The summed E-state index contributed by atoms with van der Waals surface area (Å²) in [5.41, 5.74) is 3.41. The molecule has 0 unspecified atom stereocenters.